The lowest BCUT2D eigenvalue weighted by Gasteiger charge is -1.96. The molecule has 0 aliphatic heterocycles. The topological polar surface area (TPSA) is 68.3 Å². The summed E-state index contributed by atoms with van der Waals surface area (Å²) in [7, 11) is 0. The fourth-order valence-corrected chi connectivity index (χ4v) is 1.39. The molecule has 4 nitrogen and oxygen atoms in total. The van der Waals surface area contributed by atoms with Gasteiger partial charge in [0.05, 0.1) is 12.7 Å². The number of hydrazine groups is 1. The van der Waals surface area contributed by atoms with Gasteiger partial charge >= 0.3 is 0 Å². The number of furan rings is 1. The lowest BCUT2D eigenvalue weighted by Crippen LogP contribution is -2.31. The fourth-order valence-electron chi connectivity index (χ4n) is 1.39. The molecule has 72 valence electrons. The summed E-state index contributed by atoms with van der Waals surface area (Å²) in [6.07, 6.45) is 1.83. The highest BCUT2D eigenvalue weighted by molar-refractivity contribution is 5.87. The number of carbonyl (C=O) groups excluding carboxylic acids is 1. The van der Waals surface area contributed by atoms with Crippen LogP contribution in [0.15, 0.2) is 34.9 Å². The van der Waals surface area contributed by atoms with E-state index in [0.717, 1.165) is 16.5 Å². The minimum atomic E-state index is -0.225. The van der Waals surface area contributed by atoms with Crippen LogP contribution in [0.3, 0.4) is 0 Å². The molecule has 1 aromatic heterocycles. The molecule has 1 aromatic carbocycles. The Labute approximate surface area is 80.7 Å². The molecular weight excluding hydrogens is 180 g/mol. The van der Waals surface area contributed by atoms with Gasteiger partial charge in [-0.25, -0.2) is 5.84 Å². The first kappa shape index (κ1) is 8.77. The van der Waals surface area contributed by atoms with Crippen molar-refractivity contribution in [2.75, 3.05) is 0 Å². The van der Waals surface area contributed by atoms with E-state index >= 15 is 0 Å². The summed E-state index contributed by atoms with van der Waals surface area (Å²) in [5, 5.41) is 0.955. The number of rotatable bonds is 2. The molecule has 0 unspecified atom stereocenters. The van der Waals surface area contributed by atoms with Gasteiger partial charge in [-0.3, -0.25) is 10.2 Å². The third-order valence-corrected chi connectivity index (χ3v) is 2.07. The Morgan fingerprint density at radius 2 is 2.21 bits per heavy atom. The van der Waals surface area contributed by atoms with Gasteiger partial charge < -0.3 is 4.42 Å². The molecule has 0 fully saturated rings. The molecule has 1 heterocycles. The van der Waals surface area contributed by atoms with Crippen LogP contribution in [0.5, 0.6) is 0 Å². The number of nitrogens with two attached hydrogens (primary N) is 1. The van der Waals surface area contributed by atoms with Gasteiger partial charge in [0.2, 0.25) is 5.91 Å². The van der Waals surface area contributed by atoms with Crippen molar-refractivity contribution in [1.29, 1.82) is 0 Å². The van der Waals surface area contributed by atoms with Crippen molar-refractivity contribution >= 4 is 16.9 Å². The van der Waals surface area contributed by atoms with Crippen molar-refractivity contribution in [3.05, 3.63) is 36.1 Å². The van der Waals surface area contributed by atoms with E-state index < -0.39 is 0 Å². The van der Waals surface area contributed by atoms with Crippen LogP contribution in [0.4, 0.5) is 0 Å². The molecule has 0 saturated heterocycles. The second kappa shape index (κ2) is 3.51. The third kappa shape index (κ3) is 1.47. The zero-order valence-corrected chi connectivity index (χ0v) is 7.49. The second-order valence-electron chi connectivity index (χ2n) is 3.00. The van der Waals surface area contributed by atoms with Gasteiger partial charge in [-0.1, -0.05) is 18.2 Å². The number of fused-ring (bicyclic) bond motifs is 1. The highest BCUT2D eigenvalue weighted by atomic mass is 16.3. The van der Waals surface area contributed by atoms with Crippen molar-refractivity contribution < 1.29 is 9.21 Å². The first-order valence-corrected chi connectivity index (χ1v) is 4.26. The number of hydrogen-bond donors (Lipinski definition) is 2. The van der Waals surface area contributed by atoms with Gasteiger partial charge in [-0.2, -0.15) is 0 Å². The summed E-state index contributed by atoms with van der Waals surface area (Å²) in [5.41, 5.74) is 3.72. The largest absolute Gasteiger partial charge is 0.464 e. The van der Waals surface area contributed by atoms with E-state index in [1.165, 1.54) is 0 Å². The molecule has 2 aromatic rings. The van der Waals surface area contributed by atoms with Crippen molar-refractivity contribution in [2.45, 2.75) is 6.42 Å². The molecule has 4 heteroatoms. The first-order chi connectivity index (χ1) is 6.81. The number of hydrogen-bond acceptors (Lipinski definition) is 3. The van der Waals surface area contributed by atoms with E-state index in [-0.39, 0.29) is 12.3 Å². The van der Waals surface area contributed by atoms with Gasteiger partial charge in [0.1, 0.15) is 5.58 Å². The summed E-state index contributed by atoms with van der Waals surface area (Å²) in [6.45, 7) is 0. The molecule has 14 heavy (non-hydrogen) atoms. The minimum absolute atomic E-state index is 0.225. The summed E-state index contributed by atoms with van der Waals surface area (Å²) in [4.78, 5) is 11.0. The van der Waals surface area contributed by atoms with E-state index in [4.69, 9.17) is 10.3 Å². The van der Waals surface area contributed by atoms with Gasteiger partial charge in [0.25, 0.3) is 0 Å². The maximum atomic E-state index is 11.0. The monoisotopic (exact) mass is 190 g/mol. The van der Waals surface area contributed by atoms with Gasteiger partial charge in [-0.05, 0) is 6.07 Å². The van der Waals surface area contributed by atoms with Crippen molar-refractivity contribution in [1.82, 2.24) is 5.43 Å². The maximum Gasteiger partial charge on any atom is 0.238 e. The Bertz CT molecular complexity index is 462. The molecule has 0 saturated carbocycles. The molecule has 0 aliphatic rings. The number of benzene rings is 1. The zero-order chi connectivity index (χ0) is 9.97. The quantitative estimate of drug-likeness (QED) is 0.421. The lowest BCUT2D eigenvalue weighted by atomic mass is 10.1. The van der Waals surface area contributed by atoms with Crippen LogP contribution in [-0.4, -0.2) is 5.91 Å². The van der Waals surface area contributed by atoms with Gasteiger partial charge in [-0.15, -0.1) is 0 Å². The summed E-state index contributed by atoms with van der Waals surface area (Å²) in [5.74, 6) is 4.78. The van der Waals surface area contributed by atoms with Crippen molar-refractivity contribution in [3.8, 4) is 0 Å². The standard InChI is InChI=1S/C10H10N2O2/c11-12-10(13)5-7-6-14-9-4-2-1-3-8(7)9/h1-4,6H,5,11H2,(H,12,13). The third-order valence-electron chi connectivity index (χ3n) is 2.07. The molecule has 2 rings (SSSR count). The highest BCUT2D eigenvalue weighted by Gasteiger charge is 2.08. The molecule has 0 aliphatic carbocycles. The van der Waals surface area contributed by atoms with Crippen LogP contribution in [-0.2, 0) is 11.2 Å². The average Bonchev–Trinajstić information content (AvgIpc) is 2.62. The maximum absolute atomic E-state index is 11.0. The summed E-state index contributed by atoms with van der Waals surface area (Å²) in [6, 6.07) is 7.57. The van der Waals surface area contributed by atoms with E-state index in [9.17, 15) is 4.79 Å². The molecule has 1 amide bonds. The van der Waals surface area contributed by atoms with E-state index in [1.54, 1.807) is 6.26 Å². The molecule has 3 N–H and O–H groups in total. The molecule has 0 radical (unpaired) electrons. The normalized spacial score (nSPS) is 10.4. The van der Waals surface area contributed by atoms with Crippen molar-refractivity contribution in [3.63, 3.8) is 0 Å². The Balaban J connectivity index is 2.38. The van der Waals surface area contributed by atoms with E-state index in [0.29, 0.717) is 0 Å². The summed E-state index contributed by atoms with van der Waals surface area (Å²) < 4.78 is 5.27. The number of nitrogens with one attached hydrogen (secondary N) is 1. The molecule has 0 atom stereocenters. The van der Waals surface area contributed by atoms with Crippen LogP contribution >= 0.6 is 0 Å². The Hall–Kier alpha value is -1.81. The number of amides is 1. The van der Waals surface area contributed by atoms with Crippen LogP contribution in [0, 0.1) is 0 Å². The SMILES string of the molecule is NNC(=O)Cc1coc2ccccc12. The Morgan fingerprint density at radius 1 is 1.43 bits per heavy atom. The zero-order valence-electron chi connectivity index (χ0n) is 7.49. The summed E-state index contributed by atoms with van der Waals surface area (Å²) >= 11 is 0. The molecular formula is C10H10N2O2. The lowest BCUT2D eigenvalue weighted by molar-refractivity contribution is -0.120. The second-order valence-corrected chi connectivity index (χ2v) is 3.00. The van der Waals surface area contributed by atoms with Gasteiger partial charge in [0, 0.05) is 10.9 Å². The minimum Gasteiger partial charge on any atom is -0.464 e. The Morgan fingerprint density at radius 3 is 3.00 bits per heavy atom. The Kier molecular flexibility index (Phi) is 2.20. The predicted molar refractivity (Wildman–Crippen MR) is 52.2 cm³/mol. The van der Waals surface area contributed by atoms with Crippen LogP contribution in [0.2, 0.25) is 0 Å². The average molecular weight is 190 g/mol. The van der Waals surface area contributed by atoms with Gasteiger partial charge in [0.15, 0.2) is 0 Å². The number of carbonyl (C=O) groups is 1. The first-order valence-electron chi connectivity index (χ1n) is 4.26. The van der Waals surface area contributed by atoms with E-state index in [1.807, 2.05) is 24.3 Å². The fraction of sp³-hybridized carbons (Fsp3) is 0.100. The predicted octanol–water partition coefficient (Wildman–Crippen LogP) is 0.965. The molecule has 0 spiro atoms. The van der Waals surface area contributed by atoms with Crippen LogP contribution in [0.25, 0.3) is 11.0 Å². The van der Waals surface area contributed by atoms with Crippen LogP contribution < -0.4 is 11.3 Å². The highest BCUT2D eigenvalue weighted by Crippen LogP contribution is 2.20. The van der Waals surface area contributed by atoms with Crippen LogP contribution in [0.1, 0.15) is 5.56 Å². The van der Waals surface area contributed by atoms with E-state index in [2.05, 4.69) is 5.43 Å². The van der Waals surface area contributed by atoms with Crippen molar-refractivity contribution in [2.24, 2.45) is 5.84 Å². The smallest absolute Gasteiger partial charge is 0.238 e. The molecule has 0 bridgehead atoms. The number of para-hydroxylation sites is 1.